The minimum atomic E-state index is -0.377. The van der Waals surface area contributed by atoms with Gasteiger partial charge in [0, 0.05) is 0 Å². The lowest BCUT2D eigenvalue weighted by molar-refractivity contribution is 0.0734. The predicted molar refractivity (Wildman–Crippen MR) is 170 cm³/mol. The van der Waals surface area contributed by atoms with Gasteiger partial charge >= 0.3 is 5.97 Å². The molecular weight excluding hydrogens is 508 g/mol. The molecule has 0 fully saturated rings. The van der Waals surface area contributed by atoms with Crippen molar-refractivity contribution >= 4 is 5.97 Å². The fraction of sp³-hybridized carbons (Fsp3) is 0.486. The normalized spacial score (nSPS) is 10.9. The van der Waals surface area contributed by atoms with Gasteiger partial charge in [-0.15, -0.1) is 0 Å². The monoisotopic (exact) mass is 558 g/mol. The van der Waals surface area contributed by atoms with Gasteiger partial charge in [0.1, 0.15) is 17.2 Å². The number of hydrogen-bond donors (Lipinski definition) is 0. The van der Waals surface area contributed by atoms with Gasteiger partial charge in [0.05, 0.1) is 18.8 Å². The standard InChI is InChI=1S/C37H50O4/c1-3-5-7-9-11-12-14-16-30-39-34-23-17-31(18-24-34)32-19-27-36(28-20-32)41-37(38)33-21-25-35(26-22-33)40-29-15-13-10-8-6-4-2/h17-28H,3-16,29-30H2,1-2H3. The maximum Gasteiger partial charge on any atom is 0.343 e. The highest BCUT2D eigenvalue weighted by Gasteiger charge is 2.09. The second-order valence-corrected chi connectivity index (χ2v) is 10.9. The number of benzene rings is 3. The van der Waals surface area contributed by atoms with E-state index in [1.807, 2.05) is 48.5 Å². The second kappa shape index (κ2) is 19.7. The fourth-order valence-electron chi connectivity index (χ4n) is 4.81. The van der Waals surface area contributed by atoms with Gasteiger partial charge in [-0.3, -0.25) is 0 Å². The van der Waals surface area contributed by atoms with Crippen LogP contribution in [0.4, 0.5) is 0 Å². The Labute approximate surface area is 248 Å². The van der Waals surface area contributed by atoms with E-state index in [1.54, 1.807) is 12.1 Å². The summed E-state index contributed by atoms with van der Waals surface area (Å²) in [6, 6.07) is 23.0. The largest absolute Gasteiger partial charge is 0.494 e. The van der Waals surface area contributed by atoms with Gasteiger partial charge in [-0.2, -0.15) is 0 Å². The summed E-state index contributed by atoms with van der Waals surface area (Å²) in [5.74, 6) is 1.83. The van der Waals surface area contributed by atoms with Crippen LogP contribution in [0.5, 0.6) is 17.2 Å². The molecule has 0 amide bonds. The van der Waals surface area contributed by atoms with Crippen molar-refractivity contribution in [2.24, 2.45) is 0 Å². The van der Waals surface area contributed by atoms with Crippen molar-refractivity contribution in [2.45, 2.75) is 104 Å². The van der Waals surface area contributed by atoms with E-state index in [2.05, 4.69) is 26.0 Å². The average molecular weight is 559 g/mol. The third-order valence-corrected chi connectivity index (χ3v) is 7.38. The maximum absolute atomic E-state index is 12.6. The Morgan fingerprint density at radius 2 is 0.829 bits per heavy atom. The zero-order chi connectivity index (χ0) is 29.0. The molecule has 0 unspecified atom stereocenters. The molecule has 0 spiro atoms. The summed E-state index contributed by atoms with van der Waals surface area (Å²) in [4.78, 5) is 12.6. The molecule has 4 nitrogen and oxygen atoms in total. The minimum Gasteiger partial charge on any atom is -0.494 e. The molecule has 0 aliphatic carbocycles. The van der Waals surface area contributed by atoms with Crippen LogP contribution in [0, 0.1) is 0 Å². The summed E-state index contributed by atoms with van der Waals surface area (Å²) in [5, 5.41) is 0. The van der Waals surface area contributed by atoms with Gasteiger partial charge in [0.25, 0.3) is 0 Å². The van der Waals surface area contributed by atoms with E-state index in [9.17, 15) is 4.79 Å². The zero-order valence-corrected chi connectivity index (χ0v) is 25.4. The molecule has 0 aliphatic heterocycles. The molecule has 3 rings (SSSR count). The average Bonchev–Trinajstić information content (AvgIpc) is 3.01. The van der Waals surface area contributed by atoms with Gasteiger partial charge in [-0.05, 0) is 72.5 Å². The molecule has 3 aromatic rings. The summed E-state index contributed by atoms with van der Waals surface area (Å²) >= 11 is 0. The van der Waals surface area contributed by atoms with Crippen LogP contribution in [0.3, 0.4) is 0 Å². The Bertz CT molecular complexity index is 1090. The number of carbonyl (C=O) groups is 1. The van der Waals surface area contributed by atoms with Gasteiger partial charge in [-0.25, -0.2) is 4.79 Å². The van der Waals surface area contributed by atoms with E-state index in [1.165, 1.54) is 77.0 Å². The Morgan fingerprint density at radius 1 is 0.463 bits per heavy atom. The Kier molecular flexibility index (Phi) is 15.5. The molecule has 0 radical (unpaired) electrons. The van der Waals surface area contributed by atoms with E-state index < -0.39 is 0 Å². The lowest BCUT2D eigenvalue weighted by Gasteiger charge is -2.09. The molecule has 0 N–H and O–H groups in total. The number of esters is 1. The number of ether oxygens (including phenoxy) is 3. The molecule has 0 heterocycles. The van der Waals surface area contributed by atoms with Gasteiger partial charge in [-0.1, -0.05) is 115 Å². The van der Waals surface area contributed by atoms with Gasteiger partial charge < -0.3 is 14.2 Å². The smallest absolute Gasteiger partial charge is 0.343 e. The first-order valence-corrected chi connectivity index (χ1v) is 16.0. The highest BCUT2D eigenvalue weighted by atomic mass is 16.5. The van der Waals surface area contributed by atoms with Crippen molar-refractivity contribution < 1.29 is 19.0 Å². The highest BCUT2D eigenvalue weighted by molar-refractivity contribution is 5.91. The van der Waals surface area contributed by atoms with Gasteiger partial charge in [0.15, 0.2) is 0 Å². The van der Waals surface area contributed by atoms with Crippen molar-refractivity contribution in [3.8, 4) is 28.4 Å². The van der Waals surface area contributed by atoms with Crippen LogP contribution in [0.15, 0.2) is 72.8 Å². The van der Waals surface area contributed by atoms with E-state index in [4.69, 9.17) is 14.2 Å². The molecule has 222 valence electrons. The third-order valence-electron chi connectivity index (χ3n) is 7.38. The number of carbonyl (C=O) groups excluding carboxylic acids is 1. The van der Waals surface area contributed by atoms with Gasteiger partial charge in [0.2, 0.25) is 0 Å². The SMILES string of the molecule is CCCCCCCCCCOc1ccc(-c2ccc(OC(=O)c3ccc(OCCCCCCCC)cc3)cc2)cc1. The van der Waals surface area contributed by atoms with E-state index >= 15 is 0 Å². The van der Waals surface area contributed by atoms with Crippen LogP contribution in [0.2, 0.25) is 0 Å². The number of hydrogen-bond acceptors (Lipinski definition) is 4. The van der Waals surface area contributed by atoms with E-state index in [-0.39, 0.29) is 5.97 Å². The highest BCUT2D eigenvalue weighted by Crippen LogP contribution is 2.25. The lowest BCUT2D eigenvalue weighted by atomic mass is 10.1. The zero-order valence-electron chi connectivity index (χ0n) is 25.4. The summed E-state index contributed by atoms with van der Waals surface area (Å²) in [6.07, 6.45) is 17.8. The fourth-order valence-corrected chi connectivity index (χ4v) is 4.81. The number of rotatable bonds is 21. The van der Waals surface area contributed by atoms with Crippen LogP contribution in [-0.4, -0.2) is 19.2 Å². The van der Waals surface area contributed by atoms with Crippen molar-refractivity contribution in [1.82, 2.24) is 0 Å². The Hall–Kier alpha value is -3.27. The molecule has 3 aromatic carbocycles. The minimum absolute atomic E-state index is 0.377. The Morgan fingerprint density at radius 3 is 1.27 bits per heavy atom. The van der Waals surface area contributed by atoms with E-state index in [0.29, 0.717) is 17.9 Å². The lowest BCUT2D eigenvalue weighted by Crippen LogP contribution is -2.08. The predicted octanol–water partition coefficient (Wildman–Crippen LogP) is 10.8. The molecule has 0 aromatic heterocycles. The van der Waals surface area contributed by atoms with Crippen LogP contribution in [-0.2, 0) is 0 Å². The molecule has 0 bridgehead atoms. The summed E-state index contributed by atoms with van der Waals surface area (Å²) in [7, 11) is 0. The second-order valence-electron chi connectivity index (χ2n) is 10.9. The van der Waals surface area contributed by atoms with Crippen molar-refractivity contribution in [3.05, 3.63) is 78.4 Å². The molecule has 0 atom stereocenters. The first kappa shape index (κ1) is 32.2. The first-order valence-electron chi connectivity index (χ1n) is 16.0. The topological polar surface area (TPSA) is 44.8 Å². The van der Waals surface area contributed by atoms with Crippen molar-refractivity contribution in [3.63, 3.8) is 0 Å². The summed E-state index contributed by atoms with van der Waals surface area (Å²) in [5.41, 5.74) is 2.66. The molecule has 0 saturated heterocycles. The molecular formula is C37H50O4. The van der Waals surface area contributed by atoms with Crippen LogP contribution < -0.4 is 14.2 Å². The van der Waals surface area contributed by atoms with Crippen LogP contribution in [0.25, 0.3) is 11.1 Å². The molecule has 41 heavy (non-hydrogen) atoms. The molecule has 4 heteroatoms. The van der Waals surface area contributed by atoms with E-state index in [0.717, 1.165) is 42.1 Å². The van der Waals surface area contributed by atoms with Crippen LogP contribution in [0.1, 0.15) is 114 Å². The Balaban J connectivity index is 1.35. The van der Waals surface area contributed by atoms with Crippen LogP contribution >= 0.6 is 0 Å². The molecule has 0 saturated carbocycles. The number of unbranched alkanes of at least 4 members (excludes halogenated alkanes) is 12. The quantitative estimate of drug-likeness (QED) is 0.0741. The summed E-state index contributed by atoms with van der Waals surface area (Å²) in [6.45, 7) is 5.96. The third kappa shape index (κ3) is 12.8. The molecule has 0 aliphatic rings. The van der Waals surface area contributed by atoms with Crippen molar-refractivity contribution in [1.29, 1.82) is 0 Å². The first-order chi connectivity index (χ1) is 20.2. The maximum atomic E-state index is 12.6. The van der Waals surface area contributed by atoms with Crippen molar-refractivity contribution in [2.75, 3.05) is 13.2 Å². The summed E-state index contributed by atoms with van der Waals surface area (Å²) < 4.78 is 17.3.